The van der Waals surface area contributed by atoms with E-state index in [-0.39, 0.29) is 31.7 Å². The van der Waals surface area contributed by atoms with Crippen molar-refractivity contribution in [3.63, 3.8) is 0 Å². The minimum atomic E-state index is -0.266. The number of aliphatic imine (C=N–C) groups is 1. The molecule has 0 fully saturated rings. The second-order valence-electron chi connectivity index (χ2n) is 13.1. The molecule has 4 aromatic carbocycles. The van der Waals surface area contributed by atoms with Crippen molar-refractivity contribution >= 4 is 11.4 Å². The molecule has 0 unspecified atom stereocenters. The zero-order valence-electron chi connectivity index (χ0n) is 31.3. The number of rotatable bonds is 11. The van der Waals surface area contributed by atoms with Crippen molar-refractivity contribution in [2.24, 2.45) is 4.99 Å². The van der Waals surface area contributed by atoms with Gasteiger partial charge in [-0.25, -0.2) is 0 Å². The fraction of sp³-hybridized carbons (Fsp3) is 0.378. The van der Waals surface area contributed by atoms with Crippen LogP contribution in [-0.4, -0.2) is 17.8 Å². The van der Waals surface area contributed by atoms with Crippen LogP contribution in [0.4, 0.5) is 5.69 Å². The van der Waals surface area contributed by atoms with E-state index in [4.69, 9.17) is 10.3 Å². The molecule has 0 aromatic heterocycles. The third-order valence-corrected chi connectivity index (χ3v) is 7.76. The van der Waals surface area contributed by atoms with Crippen LogP contribution in [0.15, 0.2) is 114 Å². The summed E-state index contributed by atoms with van der Waals surface area (Å²) < 4.78 is 0. The van der Waals surface area contributed by atoms with Gasteiger partial charge in [-0.05, 0) is 30.9 Å². The van der Waals surface area contributed by atoms with E-state index in [1.807, 2.05) is 91.0 Å². The molecule has 0 aliphatic rings. The number of unbranched alkanes of at least 4 members (excludes halogenated alkanes) is 4. The van der Waals surface area contributed by atoms with E-state index in [0.29, 0.717) is 11.8 Å². The van der Waals surface area contributed by atoms with Gasteiger partial charge in [-0.15, -0.1) is 42.1 Å². The van der Waals surface area contributed by atoms with Gasteiger partial charge < -0.3 is 5.32 Å². The van der Waals surface area contributed by atoms with Crippen molar-refractivity contribution in [2.75, 3.05) is 6.54 Å². The van der Waals surface area contributed by atoms with Gasteiger partial charge in [0, 0.05) is 6.54 Å². The van der Waals surface area contributed by atoms with E-state index in [1.165, 1.54) is 48.9 Å². The molecule has 0 aliphatic heterocycles. The minimum absolute atomic E-state index is 0. The summed E-state index contributed by atoms with van der Waals surface area (Å²) in [6, 6.07) is 36.3. The molecule has 2 nitrogen and oxygen atoms in total. The molecule has 0 saturated carbocycles. The van der Waals surface area contributed by atoms with Crippen LogP contribution in [0.3, 0.4) is 0 Å². The van der Waals surface area contributed by atoms with Crippen molar-refractivity contribution < 1.29 is 26.2 Å². The largest absolute Gasteiger partial charge is 4.00 e. The molecule has 0 bridgehead atoms. The second kappa shape index (κ2) is 25.8. The van der Waals surface area contributed by atoms with Gasteiger partial charge in [-0.3, -0.25) is 4.99 Å². The van der Waals surface area contributed by atoms with Crippen LogP contribution in [-0.2, 0) is 26.2 Å². The minimum Gasteiger partial charge on any atom is -0.674 e. The summed E-state index contributed by atoms with van der Waals surface area (Å²) in [5, 5.41) is 5.23. The maximum absolute atomic E-state index is 5.23. The Balaban J connectivity index is 0.000000796. The maximum atomic E-state index is 5.23. The molecule has 0 amide bonds. The molecular formula is C45H62N2Zr. The molecule has 0 heterocycles. The van der Waals surface area contributed by atoms with Gasteiger partial charge in [0.2, 0.25) is 0 Å². The number of benzene rings is 4. The van der Waals surface area contributed by atoms with Crippen molar-refractivity contribution in [1.82, 2.24) is 0 Å². The fourth-order valence-electron chi connectivity index (χ4n) is 4.59. The molecule has 0 N–H and O–H groups in total. The summed E-state index contributed by atoms with van der Waals surface area (Å²) in [4.78, 5) is 4.86. The third kappa shape index (κ3) is 19.6. The first-order chi connectivity index (χ1) is 22.4. The zero-order chi connectivity index (χ0) is 35.1. The molecule has 3 heteroatoms. The molecule has 256 valence electrons. The van der Waals surface area contributed by atoms with Crippen LogP contribution in [0.1, 0.15) is 127 Å². The Labute approximate surface area is 315 Å². The second-order valence-corrected chi connectivity index (χ2v) is 13.1. The molecule has 4 rings (SSSR count). The molecule has 48 heavy (non-hydrogen) atoms. The van der Waals surface area contributed by atoms with E-state index in [1.54, 1.807) is 0 Å². The van der Waals surface area contributed by atoms with Crippen LogP contribution in [0.5, 0.6) is 0 Å². The Bertz CT molecular complexity index is 1240. The Kier molecular flexibility index (Phi) is 24.1. The molecule has 4 aromatic rings. The van der Waals surface area contributed by atoms with Crippen molar-refractivity contribution in [2.45, 2.75) is 105 Å². The maximum Gasteiger partial charge on any atom is 4.00 e. The molecule has 0 radical (unpaired) electrons. The standard InChI is InChI=1S/C24H41N2.3C7H7.Zr/c1-9-10-11-12-13-17-25-20(6)24(7,8)26-23-21(18(2)3)15-14-16-22(23)19(4)5;3*1-7-5-3-2-4-6-7;/h14-16,18-19H,9-13,17H2,1-8H3;3*2-6H,1H2;/q4*-1;+4. The van der Waals surface area contributed by atoms with Gasteiger partial charge in [-0.2, -0.15) is 73.9 Å². The van der Waals surface area contributed by atoms with Gasteiger partial charge in [0.1, 0.15) is 0 Å². The number of hydrogen-bond donors (Lipinski definition) is 0. The van der Waals surface area contributed by atoms with E-state index in [9.17, 15) is 0 Å². The van der Waals surface area contributed by atoms with Crippen LogP contribution in [0.2, 0.25) is 0 Å². The number of nitrogens with zero attached hydrogens (tertiary/aromatic N) is 2. The Morgan fingerprint density at radius 2 is 0.979 bits per heavy atom. The van der Waals surface area contributed by atoms with Crippen molar-refractivity contribution in [1.29, 1.82) is 0 Å². The van der Waals surface area contributed by atoms with Gasteiger partial charge in [0.15, 0.2) is 0 Å². The van der Waals surface area contributed by atoms with Crippen LogP contribution < -0.4 is 0 Å². The monoisotopic (exact) mass is 720 g/mol. The van der Waals surface area contributed by atoms with Gasteiger partial charge in [-0.1, -0.05) is 127 Å². The van der Waals surface area contributed by atoms with Crippen molar-refractivity contribution in [3.05, 3.63) is 163 Å². The summed E-state index contributed by atoms with van der Waals surface area (Å²) in [7, 11) is 0. The summed E-state index contributed by atoms with van der Waals surface area (Å²) >= 11 is 0. The topological polar surface area (TPSA) is 26.5 Å². The Morgan fingerprint density at radius 1 is 0.604 bits per heavy atom. The average molecular weight is 722 g/mol. The van der Waals surface area contributed by atoms with Crippen molar-refractivity contribution in [3.8, 4) is 0 Å². The SMILES string of the molecule is CCCCCCCN=C(C)C(C)(C)[N-]c1c(C(C)C)cccc1C(C)C.[CH2-]c1ccccc1.[CH2-]c1ccccc1.[CH2-]c1ccccc1.[Zr+4]. The zero-order valence-corrected chi connectivity index (χ0v) is 33.8. The quantitative estimate of drug-likeness (QED) is 0.0837. The Hall–Kier alpha value is -3.16. The van der Waals surface area contributed by atoms with E-state index in [2.05, 4.69) is 94.4 Å². The average Bonchev–Trinajstić information content (AvgIpc) is 3.04. The van der Waals surface area contributed by atoms with Crippen LogP contribution in [0, 0.1) is 20.8 Å². The molecule has 0 aliphatic carbocycles. The molecule has 0 spiro atoms. The third-order valence-electron chi connectivity index (χ3n) is 7.76. The number of para-hydroxylation sites is 1. The first-order valence-electron chi connectivity index (χ1n) is 17.4. The van der Waals surface area contributed by atoms with Gasteiger partial charge in [0.25, 0.3) is 0 Å². The first kappa shape index (κ1) is 44.8. The van der Waals surface area contributed by atoms with E-state index >= 15 is 0 Å². The summed E-state index contributed by atoms with van der Waals surface area (Å²) in [6.07, 6.45) is 6.44. The van der Waals surface area contributed by atoms with Crippen LogP contribution >= 0.6 is 0 Å². The number of hydrogen-bond acceptors (Lipinski definition) is 1. The first-order valence-corrected chi connectivity index (χ1v) is 17.4. The van der Waals surface area contributed by atoms with E-state index < -0.39 is 0 Å². The summed E-state index contributed by atoms with van der Waals surface area (Å²) in [5.74, 6) is 0.943. The van der Waals surface area contributed by atoms with E-state index in [0.717, 1.165) is 28.9 Å². The fourth-order valence-corrected chi connectivity index (χ4v) is 4.59. The predicted octanol–water partition coefficient (Wildman–Crippen LogP) is 13.8. The smallest absolute Gasteiger partial charge is 0.674 e. The normalized spacial score (nSPS) is 10.8. The van der Waals surface area contributed by atoms with Gasteiger partial charge >= 0.3 is 26.2 Å². The molecule has 0 saturated heterocycles. The summed E-state index contributed by atoms with van der Waals surface area (Å²) in [5.41, 5.74) is 7.96. The predicted molar refractivity (Wildman–Crippen MR) is 211 cm³/mol. The Morgan fingerprint density at radius 3 is 1.29 bits per heavy atom. The summed E-state index contributed by atoms with van der Waals surface area (Å²) in [6.45, 7) is 29.9. The molecular weight excluding hydrogens is 660 g/mol. The molecule has 0 atom stereocenters. The van der Waals surface area contributed by atoms with Crippen LogP contribution in [0.25, 0.3) is 5.32 Å². The van der Waals surface area contributed by atoms with Gasteiger partial charge in [0.05, 0.1) is 0 Å².